The van der Waals surface area contributed by atoms with E-state index in [9.17, 15) is 9.59 Å². The van der Waals surface area contributed by atoms with Gasteiger partial charge in [0, 0.05) is 0 Å². The molecule has 1 saturated heterocycles. The topological polar surface area (TPSA) is 72.6 Å². The smallest absolute Gasteiger partial charge is 0.323 e. The minimum Gasteiger partial charge on any atom is -0.459 e. The second-order valence-electron chi connectivity index (χ2n) is 5.51. The second-order valence-corrected chi connectivity index (χ2v) is 5.51. The van der Waals surface area contributed by atoms with Gasteiger partial charge in [0.15, 0.2) is 0 Å². The zero-order valence-electron chi connectivity index (χ0n) is 11.0. The van der Waals surface area contributed by atoms with E-state index in [0.717, 1.165) is 12.8 Å². The lowest BCUT2D eigenvalue weighted by molar-refractivity contribution is -0.161. The molecular formula is C12H22N2O3. The average molecular weight is 242 g/mol. The number of amides is 1. The van der Waals surface area contributed by atoms with Gasteiger partial charge in [-0.3, -0.25) is 14.5 Å². The van der Waals surface area contributed by atoms with Crippen molar-refractivity contribution in [1.29, 1.82) is 0 Å². The molecule has 2 N–H and O–H groups in total. The molecule has 1 heterocycles. The van der Waals surface area contributed by atoms with Crippen LogP contribution in [-0.4, -0.2) is 41.0 Å². The molecule has 5 heteroatoms. The van der Waals surface area contributed by atoms with Crippen molar-refractivity contribution >= 4 is 11.9 Å². The number of carbonyl (C=O) groups is 2. The van der Waals surface area contributed by atoms with Gasteiger partial charge >= 0.3 is 5.97 Å². The van der Waals surface area contributed by atoms with Gasteiger partial charge in [-0.15, -0.1) is 0 Å². The van der Waals surface area contributed by atoms with Crippen molar-refractivity contribution in [2.75, 3.05) is 6.54 Å². The quantitative estimate of drug-likeness (QED) is 0.738. The average Bonchev–Trinajstić information content (AvgIpc) is 2.61. The Morgan fingerprint density at radius 1 is 1.41 bits per heavy atom. The monoisotopic (exact) mass is 242 g/mol. The fourth-order valence-corrected chi connectivity index (χ4v) is 2.04. The van der Waals surface area contributed by atoms with Gasteiger partial charge in [0.05, 0.1) is 6.04 Å². The van der Waals surface area contributed by atoms with Crippen LogP contribution < -0.4 is 5.73 Å². The standard InChI is InChI=1S/C12H22N2O3/c1-8(10(13)15)14-7-5-6-9(14)11(16)17-12(2,3)4/h8-9H,5-7H2,1-4H3,(H2,13,15)/t8?,9-/m1/s1. The number of carbonyl (C=O) groups excluding carboxylic acids is 2. The number of nitrogens with two attached hydrogens (primary N) is 1. The molecule has 0 aromatic rings. The first-order valence-electron chi connectivity index (χ1n) is 6.00. The lowest BCUT2D eigenvalue weighted by atomic mass is 10.1. The molecule has 0 bridgehead atoms. The van der Waals surface area contributed by atoms with Crippen molar-refractivity contribution in [3.8, 4) is 0 Å². The summed E-state index contributed by atoms with van der Waals surface area (Å²) in [4.78, 5) is 25.0. The summed E-state index contributed by atoms with van der Waals surface area (Å²) in [5, 5.41) is 0. The molecule has 1 unspecified atom stereocenters. The Kier molecular flexibility index (Phi) is 4.14. The number of hydrogen-bond donors (Lipinski definition) is 1. The number of nitrogens with zero attached hydrogens (tertiary/aromatic N) is 1. The summed E-state index contributed by atoms with van der Waals surface area (Å²) in [7, 11) is 0. The molecule has 1 amide bonds. The van der Waals surface area contributed by atoms with Gasteiger partial charge in [-0.2, -0.15) is 0 Å². The van der Waals surface area contributed by atoms with Crippen LogP contribution in [0.1, 0.15) is 40.5 Å². The van der Waals surface area contributed by atoms with Gasteiger partial charge in [0.2, 0.25) is 5.91 Å². The summed E-state index contributed by atoms with van der Waals surface area (Å²) in [5.74, 6) is -0.663. The molecule has 1 aliphatic rings. The second kappa shape index (κ2) is 5.04. The van der Waals surface area contributed by atoms with Crippen LogP contribution >= 0.6 is 0 Å². The van der Waals surface area contributed by atoms with Crippen LogP contribution in [-0.2, 0) is 14.3 Å². The summed E-state index contributed by atoms with van der Waals surface area (Å²) in [5.41, 5.74) is 4.77. The first-order chi connectivity index (χ1) is 7.72. The molecule has 0 spiro atoms. The van der Waals surface area contributed by atoms with Crippen molar-refractivity contribution in [2.45, 2.75) is 58.2 Å². The number of likely N-dealkylation sites (tertiary alicyclic amines) is 1. The number of esters is 1. The van der Waals surface area contributed by atoms with Gasteiger partial charge in [-0.05, 0) is 47.1 Å². The van der Waals surface area contributed by atoms with Crippen LogP contribution in [0.2, 0.25) is 0 Å². The Bertz CT molecular complexity index is 309. The van der Waals surface area contributed by atoms with E-state index >= 15 is 0 Å². The lowest BCUT2D eigenvalue weighted by Gasteiger charge is -2.29. The van der Waals surface area contributed by atoms with E-state index in [1.54, 1.807) is 6.92 Å². The third-order valence-electron chi connectivity index (χ3n) is 2.88. The zero-order valence-corrected chi connectivity index (χ0v) is 11.0. The van der Waals surface area contributed by atoms with Crippen LogP contribution in [0.15, 0.2) is 0 Å². The minimum absolute atomic E-state index is 0.261. The molecule has 0 aliphatic carbocycles. The Labute approximate surface area is 102 Å². The molecule has 0 aromatic carbocycles. The van der Waals surface area contributed by atoms with Crippen molar-refractivity contribution in [1.82, 2.24) is 4.90 Å². The number of ether oxygens (including phenoxy) is 1. The van der Waals surface area contributed by atoms with E-state index in [2.05, 4.69) is 0 Å². The van der Waals surface area contributed by atoms with Crippen molar-refractivity contribution in [3.63, 3.8) is 0 Å². The molecule has 1 rings (SSSR count). The first-order valence-corrected chi connectivity index (χ1v) is 6.00. The maximum atomic E-state index is 12.0. The molecule has 2 atom stereocenters. The van der Waals surface area contributed by atoms with E-state index in [0.29, 0.717) is 6.54 Å². The molecule has 0 aromatic heterocycles. The Hall–Kier alpha value is -1.10. The third kappa shape index (κ3) is 3.70. The minimum atomic E-state index is -0.499. The fraction of sp³-hybridized carbons (Fsp3) is 0.833. The van der Waals surface area contributed by atoms with Crippen molar-refractivity contribution in [2.24, 2.45) is 5.73 Å². The molecule has 1 fully saturated rings. The molecule has 17 heavy (non-hydrogen) atoms. The highest BCUT2D eigenvalue weighted by Crippen LogP contribution is 2.23. The van der Waals surface area contributed by atoms with Gasteiger partial charge < -0.3 is 10.5 Å². The van der Waals surface area contributed by atoms with Crippen LogP contribution in [0.4, 0.5) is 0 Å². The predicted molar refractivity (Wildman–Crippen MR) is 64.2 cm³/mol. The Morgan fingerprint density at radius 2 is 2.00 bits per heavy atom. The lowest BCUT2D eigenvalue weighted by Crippen LogP contribution is -2.49. The van der Waals surface area contributed by atoms with Crippen molar-refractivity contribution in [3.05, 3.63) is 0 Å². The normalized spacial score (nSPS) is 23.4. The molecule has 1 aliphatic heterocycles. The highest BCUT2D eigenvalue weighted by molar-refractivity contribution is 5.82. The summed E-state index contributed by atoms with van der Waals surface area (Å²) in [6.07, 6.45) is 1.62. The molecule has 0 saturated carbocycles. The number of hydrogen-bond acceptors (Lipinski definition) is 4. The number of rotatable bonds is 3. The van der Waals surface area contributed by atoms with Gasteiger partial charge in [-0.25, -0.2) is 0 Å². The molecule has 98 valence electrons. The number of primary amides is 1. The van der Waals surface area contributed by atoms with Crippen LogP contribution in [0.25, 0.3) is 0 Å². The van der Waals surface area contributed by atoms with Gasteiger partial charge in [-0.1, -0.05) is 0 Å². The Balaban J connectivity index is 2.69. The summed E-state index contributed by atoms with van der Waals surface area (Å²) < 4.78 is 5.35. The maximum Gasteiger partial charge on any atom is 0.323 e. The Morgan fingerprint density at radius 3 is 2.47 bits per heavy atom. The summed E-state index contributed by atoms with van der Waals surface area (Å²) in [6.45, 7) is 7.95. The molecular weight excluding hydrogens is 220 g/mol. The van der Waals surface area contributed by atoms with Gasteiger partial charge in [0.25, 0.3) is 0 Å². The van der Waals surface area contributed by atoms with E-state index in [1.807, 2.05) is 25.7 Å². The van der Waals surface area contributed by atoms with Crippen LogP contribution in [0.5, 0.6) is 0 Å². The first kappa shape index (κ1) is 14.0. The van der Waals surface area contributed by atoms with E-state index in [-0.39, 0.29) is 12.0 Å². The maximum absolute atomic E-state index is 12.0. The summed E-state index contributed by atoms with van der Waals surface area (Å²) >= 11 is 0. The van der Waals surface area contributed by atoms with E-state index in [4.69, 9.17) is 10.5 Å². The van der Waals surface area contributed by atoms with Crippen molar-refractivity contribution < 1.29 is 14.3 Å². The zero-order chi connectivity index (χ0) is 13.2. The van der Waals surface area contributed by atoms with Gasteiger partial charge in [0.1, 0.15) is 11.6 Å². The third-order valence-corrected chi connectivity index (χ3v) is 2.88. The SMILES string of the molecule is CC(C(N)=O)N1CCC[C@@H]1C(=O)OC(C)(C)C. The van der Waals surface area contributed by atoms with E-state index in [1.165, 1.54) is 0 Å². The molecule has 5 nitrogen and oxygen atoms in total. The fourth-order valence-electron chi connectivity index (χ4n) is 2.04. The highest BCUT2D eigenvalue weighted by atomic mass is 16.6. The molecule has 0 radical (unpaired) electrons. The van der Waals surface area contributed by atoms with Crippen LogP contribution in [0, 0.1) is 0 Å². The largest absolute Gasteiger partial charge is 0.459 e. The summed E-state index contributed by atoms with van der Waals surface area (Å²) in [6, 6.07) is -0.758. The highest BCUT2D eigenvalue weighted by Gasteiger charge is 2.37. The van der Waals surface area contributed by atoms with Crippen LogP contribution in [0.3, 0.4) is 0 Å². The van der Waals surface area contributed by atoms with E-state index < -0.39 is 17.6 Å². The predicted octanol–water partition coefficient (Wildman–Crippen LogP) is 0.666.